The number of hydrogen-bond acceptors (Lipinski definition) is 1. The Morgan fingerprint density at radius 3 is 0.913 bits per heavy atom. The van der Waals surface area contributed by atoms with E-state index in [2.05, 4.69) is 106 Å². The van der Waals surface area contributed by atoms with Crippen LogP contribution in [0.5, 0.6) is 0 Å². The predicted molar refractivity (Wildman–Crippen MR) is 208 cm³/mol. The van der Waals surface area contributed by atoms with Gasteiger partial charge in [-0.1, -0.05) is 57.8 Å². The maximum absolute atomic E-state index is 10.5. The Kier molecular flexibility index (Phi) is 18.9. The van der Waals surface area contributed by atoms with Crippen LogP contribution >= 0.6 is 20.8 Å². The molecule has 0 aliphatic carbocycles. The average Bonchev–Trinajstić information content (AvgIpc) is 3.09. The van der Waals surface area contributed by atoms with Gasteiger partial charge in [0.1, 0.15) is 0 Å². The molecule has 0 heterocycles. The monoisotopic (exact) mass is 708 g/mol. The van der Waals surface area contributed by atoms with E-state index in [1.165, 1.54) is 138 Å². The van der Waals surface area contributed by atoms with Crippen molar-refractivity contribution in [3.63, 3.8) is 0 Å². The summed E-state index contributed by atoms with van der Waals surface area (Å²) >= 11 is 4.60. The summed E-state index contributed by atoms with van der Waals surface area (Å²) in [6.45, 7) is 0. The van der Waals surface area contributed by atoms with E-state index in [0.717, 1.165) is 19.0 Å². The molecule has 0 saturated heterocycles. The van der Waals surface area contributed by atoms with Gasteiger partial charge in [0.05, 0.1) is 0 Å². The van der Waals surface area contributed by atoms with E-state index >= 15 is 0 Å². The molecule has 0 spiro atoms. The zero-order valence-corrected chi connectivity index (χ0v) is 31.1. The van der Waals surface area contributed by atoms with Gasteiger partial charge in [-0.2, -0.15) is 0 Å². The number of halogens is 1. The van der Waals surface area contributed by atoms with Crippen LogP contribution in [0.25, 0.3) is 0 Å². The molecule has 2 nitrogen and oxygen atoms in total. The molecule has 4 heteroatoms. The summed E-state index contributed by atoms with van der Waals surface area (Å²) in [5.41, 5.74) is 0. The number of benzene rings is 3. The second-order valence-corrected chi connectivity index (χ2v) is 22.5. The van der Waals surface area contributed by atoms with Crippen LogP contribution in [-0.2, 0) is 4.79 Å². The van der Waals surface area contributed by atoms with Crippen molar-refractivity contribution in [2.24, 2.45) is 0 Å². The van der Waals surface area contributed by atoms with Gasteiger partial charge in [-0.15, -0.1) is 0 Å². The van der Waals surface area contributed by atoms with Crippen molar-refractivity contribution < 1.29 is 9.90 Å². The van der Waals surface area contributed by atoms with Crippen molar-refractivity contribution in [1.29, 1.82) is 0 Å². The first-order chi connectivity index (χ1) is 22.6. The number of unbranched alkanes of at least 4 members (excludes halogenated alkanes) is 20. The molecule has 3 rings (SSSR count). The number of hydrogen-bond donors (Lipinski definition) is 1. The Morgan fingerprint density at radius 2 is 0.652 bits per heavy atom. The van der Waals surface area contributed by atoms with E-state index in [4.69, 9.17) is 5.11 Å². The minimum absolute atomic E-state index is 0.335. The average molecular weight is 710 g/mol. The van der Waals surface area contributed by atoms with Crippen LogP contribution in [0.2, 0.25) is 0 Å². The third-order valence-electron chi connectivity index (χ3n) is 9.85. The number of aliphatic carboxylic acids is 1. The van der Waals surface area contributed by atoms with Crippen molar-refractivity contribution >= 4 is 42.7 Å². The summed E-state index contributed by atoms with van der Waals surface area (Å²) in [5, 5.41) is 10.2. The van der Waals surface area contributed by atoms with E-state index < -0.39 is 11.3 Å². The van der Waals surface area contributed by atoms with E-state index in [1.807, 2.05) is 0 Å². The summed E-state index contributed by atoms with van der Waals surface area (Å²) in [6, 6.07) is 33.7. The van der Waals surface area contributed by atoms with Crippen LogP contribution in [-0.4, -0.2) is 17.2 Å². The summed E-state index contributed by atoms with van der Waals surface area (Å²) in [4.78, 5) is 10.5. The fourth-order valence-corrected chi connectivity index (χ4v) is 14.8. The Hall–Kier alpha value is -1.96. The fourth-order valence-electron chi connectivity index (χ4n) is 7.09. The minimum atomic E-state index is -2.76. The topological polar surface area (TPSA) is 37.3 Å². The standard InChI is InChI=1S/C42H62BrO2P/c43-46(39-31-23-20-24-32-39,40-33-25-21-26-34-40,41-35-27-22-28-36-41)38-30-19-17-15-13-11-9-7-5-3-1-2-4-6-8-10-12-14-16-18-29-37-42(44)45/h20-28,31-36H,1-19,29-30,37-38H2,(H,44,45). The predicted octanol–water partition coefficient (Wildman–Crippen LogP) is 12.5. The van der Waals surface area contributed by atoms with Crippen molar-refractivity contribution in [3.05, 3.63) is 91.0 Å². The van der Waals surface area contributed by atoms with Crippen LogP contribution in [0.15, 0.2) is 91.0 Å². The molecule has 0 saturated carbocycles. The number of carbonyl (C=O) groups is 1. The molecule has 0 aliphatic rings. The van der Waals surface area contributed by atoms with Gasteiger partial charge >= 0.3 is 210 Å². The van der Waals surface area contributed by atoms with E-state index in [0.29, 0.717) is 6.42 Å². The molecule has 1 N–H and O–H groups in total. The molecule has 3 aromatic carbocycles. The normalized spacial score (nSPS) is 12.5. The van der Waals surface area contributed by atoms with Gasteiger partial charge in [0, 0.05) is 6.42 Å². The zero-order valence-electron chi connectivity index (χ0n) is 28.6. The molecule has 0 bridgehead atoms. The quantitative estimate of drug-likeness (QED) is 0.0632. The Balaban J connectivity index is 1.23. The van der Waals surface area contributed by atoms with Crippen LogP contribution in [0, 0.1) is 0 Å². The molecular formula is C42H62BrO2P. The van der Waals surface area contributed by atoms with Crippen LogP contribution < -0.4 is 15.9 Å². The van der Waals surface area contributed by atoms with Crippen LogP contribution in [0.1, 0.15) is 141 Å². The molecule has 0 atom stereocenters. The van der Waals surface area contributed by atoms with Crippen molar-refractivity contribution in [2.45, 2.75) is 141 Å². The first-order valence-electron chi connectivity index (χ1n) is 18.7. The second kappa shape index (κ2) is 22.6. The summed E-state index contributed by atoms with van der Waals surface area (Å²) in [7, 11) is 0. The third kappa shape index (κ3) is 12.9. The Morgan fingerprint density at radius 1 is 0.413 bits per heavy atom. The Bertz CT molecular complexity index is 1080. The molecule has 0 amide bonds. The summed E-state index contributed by atoms with van der Waals surface area (Å²) in [6.07, 6.45) is 29.2. The molecule has 0 aromatic heterocycles. The third-order valence-corrected chi connectivity index (χ3v) is 19.9. The van der Waals surface area contributed by atoms with Gasteiger partial charge in [-0.05, 0) is 6.42 Å². The number of carboxylic acid groups (broad SMARTS) is 1. The van der Waals surface area contributed by atoms with Gasteiger partial charge in [0.25, 0.3) is 0 Å². The van der Waals surface area contributed by atoms with Gasteiger partial charge in [-0.3, -0.25) is 4.79 Å². The van der Waals surface area contributed by atoms with Crippen molar-refractivity contribution in [3.8, 4) is 0 Å². The fraction of sp³-hybridized carbons (Fsp3) is 0.548. The molecule has 0 aliphatic heterocycles. The molecule has 0 radical (unpaired) electrons. The molecule has 254 valence electrons. The van der Waals surface area contributed by atoms with Gasteiger partial charge in [0.15, 0.2) is 0 Å². The number of rotatable bonds is 27. The molecule has 3 aromatic rings. The molecule has 0 unspecified atom stereocenters. The van der Waals surface area contributed by atoms with E-state index in [-0.39, 0.29) is 0 Å². The summed E-state index contributed by atoms with van der Waals surface area (Å²) in [5.74, 6) is -0.656. The first kappa shape index (κ1) is 38.5. The number of carboxylic acids is 1. The maximum atomic E-state index is 10.5. The van der Waals surface area contributed by atoms with E-state index in [1.54, 1.807) is 0 Å². The SMILES string of the molecule is O=C(O)CCCCCCCCCCCCCCCCCCCCCCCP(Br)(c1ccccc1)(c1ccccc1)c1ccccc1. The Labute approximate surface area is 289 Å². The van der Waals surface area contributed by atoms with Gasteiger partial charge < -0.3 is 5.11 Å². The first-order valence-corrected chi connectivity index (χ1v) is 23.1. The molecule has 0 fully saturated rings. The van der Waals surface area contributed by atoms with Gasteiger partial charge in [0.2, 0.25) is 0 Å². The molecular weight excluding hydrogens is 647 g/mol. The molecule has 46 heavy (non-hydrogen) atoms. The van der Waals surface area contributed by atoms with Crippen LogP contribution in [0.3, 0.4) is 0 Å². The van der Waals surface area contributed by atoms with Crippen LogP contribution in [0.4, 0.5) is 0 Å². The van der Waals surface area contributed by atoms with Crippen molar-refractivity contribution in [2.75, 3.05) is 6.16 Å². The van der Waals surface area contributed by atoms with Gasteiger partial charge in [-0.25, -0.2) is 0 Å². The second-order valence-electron chi connectivity index (χ2n) is 13.5. The summed E-state index contributed by atoms with van der Waals surface area (Å²) < 4.78 is 0. The zero-order chi connectivity index (χ0) is 32.6. The van der Waals surface area contributed by atoms with E-state index in [9.17, 15) is 4.79 Å². The van der Waals surface area contributed by atoms with Crippen molar-refractivity contribution in [1.82, 2.24) is 0 Å².